The van der Waals surface area contributed by atoms with E-state index in [9.17, 15) is 9.59 Å². The van der Waals surface area contributed by atoms with Crippen molar-refractivity contribution in [2.24, 2.45) is 0 Å². The Balaban J connectivity index is 1.70. The van der Waals surface area contributed by atoms with Crippen LogP contribution >= 0.6 is 0 Å². The van der Waals surface area contributed by atoms with E-state index < -0.39 is 5.97 Å². The van der Waals surface area contributed by atoms with E-state index in [4.69, 9.17) is 14.2 Å². The molecular weight excluding hydrogens is 388 g/mol. The lowest BCUT2D eigenvalue weighted by atomic mass is 10.2. The molecule has 3 N–H and O–H groups in total. The van der Waals surface area contributed by atoms with Gasteiger partial charge in [-0.1, -0.05) is 12.1 Å². The van der Waals surface area contributed by atoms with Crippen molar-refractivity contribution in [3.05, 3.63) is 29.8 Å². The highest BCUT2D eigenvalue weighted by atomic mass is 16.6. The molecule has 0 bridgehead atoms. The number of carbonyl (C=O) groups is 2. The summed E-state index contributed by atoms with van der Waals surface area (Å²) >= 11 is 0. The minimum Gasteiger partial charge on any atom is -0.482 e. The van der Waals surface area contributed by atoms with Crippen LogP contribution in [0.2, 0.25) is 0 Å². The van der Waals surface area contributed by atoms with Crippen molar-refractivity contribution in [1.29, 1.82) is 0 Å². The molecular formula is C21H34N4O5. The fraction of sp³-hybridized carbons (Fsp3) is 0.619. The lowest BCUT2D eigenvalue weighted by Gasteiger charge is -2.22. The third kappa shape index (κ3) is 10.5. The molecule has 0 radical (unpaired) electrons. The smallest absolute Gasteiger partial charge is 0.344 e. The van der Waals surface area contributed by atoms with Crippen molar-refractivity contribution in [3.63, 3.8) is 0 Å². The van der Waals surface area contributed by atoms with E-state index >= 15 is 0 Å². The summed E-state index contributed by atoms with van der Waals surface area (Å²) < 4.78 is 15.6. The summed E-state index contributed by atoms with van der Waals surface area (Å²) in [7, 11) is 0. The zero-order valence-corrected chi connectivity index (χ0v) is 17.8. The molecule has 1 aromatic carbocycles. The first-order valence-electron chi connectivity index (χ1n) is 10.5. The van der Waals surface area contributed by atoms with Gasteiger partial charge in [-0.3, -0.25) is 9.69 Å². The van der Waals surface area contributed by atoms with E-state index in [2.05, 4.69) is 20.9 Å². The van der Waals surface area contributed by atoms with Crippen molar-refractivity contribution in [2.75, 3.05) is 72.1 Å². The highest BCUT2D eigenvalue weighted by Crippen LogP contribution is 2.13. The van der Waals surface area contributed by atoms with Gasteiger partial charge in [0.1, 0.15) is 12.4 Å². The number of hydrogen-bond acceptors (Lipinski definition) is 9. The highest BCUT2D eigenvalue weighted by Gasteiger charge is 2.12. The third-order valence-corrected chi connectivity index (χ3v) is 4.50. The summed E-state index contributed by atoms with van der Waals surface area (Å²) in [5.41, 5.74) is 0.858. The Hall–Kier alpha value is -2.20. The average molecular weight is 423 g/mol. The number of esters is 2. The minimum atomic E-state index is -0.403. The van der Waals surface area contributed by atoms with Gasteiger partial charge in [0, 0.05) is 52.4 Å². The largest absolute Gasteiger partial charge is 0.482 e. The molecule has 168 valence electrons. The van der Waals surface area contributed by atoms with Crippen LogP contribution in [0.1, 0.15) is 12.5 Å². The van der Waals surface area contributed by atoms with Crippen molar-refractivity contribution >= 4 is 11.9 Å². The topological polar surface area (TPSA) is 101 Å². The molecule has 1 fully saturated rings. The molecule has 1 aliphatic rings. The standard InChI is InChI=1S/C21H34N4O5/c1-2-28-21(27)17-29-19-5-3-18(4-6-19)16-30-20(26)15-25-13-11-23-9-7-22-8-10-24-12-14-25/h3-6,22-24H,2,7-17H2,1H3. The first kappa shape index (κ1) is 24.1. The third-order valence-electron chi connectivity index (χ3n) is 4.50. The molecule has 1 aliphatic heterocycles. The summed E-state index contributed by atoms with van der Waals surface area (Å²) in [5, 5.41) is 10.1. The van der Waals surface area contributed by atoms with E-state index in [-0.39, 0.29) is 25.7 Å². The van der Waals surface area contributed by atoms with E-state index in [0.717, 1.165) is 57.9 Å². The molecule has 30 heavy (non-hydrogen) atoms. The van der Waals surface area contributed by atoms with Gasteiger partial charge in [-0.15, -0.1) is 0 Å². The zero-order chi connectivity index (χ0) is 21.4. The van der Waals surface area contributed by atoms with Gasteiger partial charge in [-0.25, -0.2) is 4.79 Å². The van der Waals surface area contributed by atoms with Gasteiger partial charge in [0.25, 0.3) is 0 Å². The van der Waals surface area contributed by atoms with Gasteiger partial charge < -0.3 is 30.2 Å². The van der Waals surface area contributed by atoms with Crippen molar-refractivity contribution < 1.29 is 23.8 Å². The molecule has 0 atom stereocenters. The Bertz CT molecular complexity index is 614. The molecule has 2 rings (SSSR count). The molecule has 0 amide bonds. The summed E-state index contributed by atoms with van der Waals surface area (Å²) in [6, 6.07) is 7.10. The van der Waals surface area contributed by atoms with Crippen LogP contribution in [-0.4, -0.2) is 89.0 Å². The second-order valence-corrected chi connectivity index (χ2v) is 6.92. The van der Waals surface area contributed by atoms with E-state index in [0.29, 0.717) is 12.4 Å². The Morgan fingerprint density at radius 3 is 2.07 bits per heavy atom. The number of nitrogens with zero attached hydrogens (tertiary/aromatic N) is 1. The van der Waals surface area contributed by atoms with Crippen molar-refractivity contribution in [3.8, 4) is 5.75 Å². The first-order valence-corrected chi connectivity index (χ1v) is 10.5. The van der Waals surface area contributed by atoms with Crippen LogP contribution in [0.25, 0.3) is 0 Å². The number of nitrogens with one attached hydrogen (secondary N) is 3. The number of benzene rings is 1. The monoisotopic (exact) mass is 422 g/mol. The number of ether oxygens (including phenoxy) is 3. The van der Waals surface area contributed by atoms with Gasteiger partial charge in [0.05, 0.1) is 13.2 Å². The predicted octanol–water partition coefficient (Wildman–Crippen LogP) is -0.244. The van der Waals surface area contributed by atoms with Crippen LogP contribution in [0.5, 0.6) is 5.75 Å². The second kappa shape index (κ2) is 14.7. The van der Waals surface area contributed by atoms with Gasteiger partial charge in [-0.05, 0) is 24.6 Å². The summed E-state index contributed by atoms with van der Waals surface area (Å²) in [6.45, 7) is 9.39. The van der Waals surface area contributed by atoms with Crippen LogP contribution in [0.4, 0.5) is 0 Å². The SMILES string of the molecule is CCOC(=O)COc1ccc(COC(=O)CN2CCNCCNCCNCC2)cc1. The van der Waals surface area contributed by atoms with Gasteiger partial charge >= 0.3 is 11.9 Å². The lowest BCUT2D eigenvalue weighted by Crippen LogP contribution is -2.43. The minimum absolute atomic E-state index is 0.127. The molecule has 0 spiro atoms. The average Bonchev–Trinajstić information content (AvgIpc) is 2.74. The molecule has 1 aromatic rings. The zero-order valence-electron chi connectivity index (χ0n) is 17.8. The maximum absolute atomic E-state index is 12.3. The first-order chi connectivity index (χ1) is 14.7. The summed E-state index contributed by atoms with van der Waals surface area (Å²) in [6.07, 6.45) is 0. The Labute approximate surface area is 178 Å². The predicted molar refractivity (Wildman–Crippen MR) is 113 cm³/mol. The quantitative estimate of drug-likeness (QED) is 0.490. The lowest BCUT2D eigenvalue weighted by molar-refractivity contribution is -0.146. The Morgan fingerprint density at radius 2 is 1.47 bits per heavy atom. The van der Waals surface area contributed by atoms with Crippen LogP contribution < -0.4 is 20.7 Å². The van der Waals surface area contributed by atoms with Crippen molar-refractivity contribution in [1.82, 2.24) is 20.9 Å². The molecule has 1 heterocycles. The van der Waals surface area contributed by atoms with Crippen LogP contribution in [0.3, 0.4) is 0 Å². The molecule has 9 heteroatoms. The van der Waals surface area contributed by atoms with Gasteiger partial charge in [0.15, 0.2) is 6.61 Å². The maximum Gasteiger partial charge on any atom is 0.344 e. The summed E-state index contributed by atoms with van der Waals surface area (Å²) in [5.74, 6) is -0.0849. The molecule has 9 nitrogen and oxygen atoms in total. The fourth-order valence-corrected chi connectivity index (χ4v) is 2.89. The Kier molecular flexibility index (Phi) is 11.8. The normalized spacial score (nSPS) is 16.7. The van der Waals surface area contributed by atoms with Crippen LogP contribution in [0, 0.1) is 0 Å². The molecule has 0 unspecified atom stereocenters. The molecule has 0 aliphatic carbocycles. The maximum atomic E-state index is 12.3. The van der Waals surface area contributed by atoms with E-state index in [1.165, 1.54) is 0 Å². The molecule has 0 aromatic heterocycles. The fourth-order valence-electron chi connectivity index (χ4n) is 2.89. The highest BCUT2D eigenvalue weighted by molar-refractivity contribution is 5.71. The molecule has 0 saturated carbocycles. The Morgan fingerprint density at radius 1 is 0.867 bits per heavy atom. The van der Waals surface area contributed by atoms with E-state index in [1.54, 1.807) is 19.1 Å². The number of carbonyl (C=O) groups excluding carboxylic acids is 2. The number of rotatable bonds is 8. The summed E-state index contributed by atoms with van der Waals surface area (Å²) in [4.78, 5) is 25.7. The van der Waals surface area contributed by atoms with Crippen molar-refractivity contribution in [2.45, 2.75) is 13.5 Å². The van der Waals surface area contributed by atoms with Crippen LogP contribution in [0.15, 0.2) is 24.3 Å². The van der Waals surface area contributed by atoms with E-state index in [1.807, 2.05) is 12.1 Å². The second-order valence-electron chi connectivity index (χ2n) is 6.92. The molecule has 1 saturated heterocycles. The number of hydrogen-bond donors (Lipinski definition) is 3. The van der Waals surface area contributed by atoms with Gasteiger partial charge in [-0.2, -0.15) is 0 Å². The van der Waals surface area contributed by atoms with Crippen LogP contribution in [-0.2, 0) is 25.7 Å². The van der Waals surface area contributed by atoms with Gasteiger partial charge in [0.2, 0.25) is 0 Å².